The first-order valence-electron chi connectivity index (χ1n) is 29.3. The Labute approximate surface area is 768 Å². The summed E-state index contributed by atoms with van der Waals surface area (Å²) < 4.78 is 0. The monoisotopic (exact) mass is 2060 g/mol. The molecule has 0 heterocycles. The molecule has 0 rings (SSSR count). The quantitative estimate of drug-likeness (QED) is 0.0335. The highest BCUT2D eigenvalue weighted by Gasteiger charge is 1.85. The standard InChI is InChI=1S/H3N147/c1-3-5-7-9-11-13-15-17-19-21-23-25-27-29-31-33-35-37-39-41-43-45-47-49-51-53-55-57-59-61-63-65-67-69-71-73-75-77-79-81-83-85-87-89-91-93-95-97-99-101-103-105-107-109-111-113-115-117-119-121-123-125-127-129-131-133-135-137-139-141-143-145-147-146-144-142-140-138-136-134-132-130-128-126-124-122-120-118-116-114-112-110-108-106-104-102-100-98-96-94-92-90-88-86-84-82-80-78-76-74-72-70-68-66-64-62-60-58-56-54-52-50-48-46-44-42-40-38-36-34-32-30-28-26-24-22-20-18-16-14-12-10-8-6-4-2/h(H3,1,2,5,6,9,10,13,14,17,18,21,22,25,26,29,30,33,34,37,38,41,42,45,46,49,50,53,54,57,58,61,62,65,66,69,70,73,74,77,78,81,82,85,86,89,90,93,94,97,98,101,102,105,106,109,110,113,114,117,118,121,122,125,126,129,130,133,134,137,138,141,142,145,146). The van der Waals surface area contributed by atoms with E-state index in [1.807, 2.05) is 0 Å². The molecular formula is H3N147. The third-order valence-corrected chi connectivity index (χ3v) is 5.78. The van der Waals surface area contributed by atoms with Gasteiger partial charge in [0.05, 0.1) is 0 Å². The van der Waals surface area contributed by atoms with Crippen LogP contribution in [-0.4, -0.2) is 0 Å². The summed E-state index contributed by atoms with van der Waals surface area (Å²) in [4.78, 5) is 0. The maximum absolute atomic E-state index is 6.28. The third kappa shape index (κ3) is 117. The normalized spacial score (nSPS) is 15.8. The first-order valence-corrected chi connectivity index (χ1v) is 29.3. The molecule has 147 nitrogen and oxygen atoms in total. The summed E-state index contributed by atoms with van der Waals surface area (Å²) in [5.41, 5.74) is 6.28. The minimum absolute atomic E-state index is 2.50. The molecule has 0 unspecified atom stereocenters. The van der Waals surface area contributed by atoms with Crippen molar-refractivity contribution < 1.29 is 0 Å². The number of hydrogen-bond donors (Lipinski definition) is 2. The van der Waals surface area contributed by atoms with E-state index in [2.05, 4.69) is 763 Å². The van der Waals surface area contributed by atoms with Crippen LogP contribution in [0.3, 0.4) is 0 Å². The fraction of sp³-hybridized carbons (Fsp3) is 0. The Morgan fingerprint density at radius 3 is 0.122 bits per heavy atom. The van der Waals surface area contributed by atoms with Crippen molar-refractivity contribution in [1.82, 2.24) is 0 Å². The van der Waals surface area contributed by atoms with Gasteiger partial charge in [-0.3, -0.25) is 0 Å². The second-order valence-corrected chi connectivity index (χ2v) is 13.0. The molecule has 0 atom stereocenters. The number of nitrogens with one attached hydrogen (secondary N) is 1. The summed E-state index contributed by atoms with van der Waals surface area (Å²) >= 11 is 0. The summed E-state index contributed by atoms with van der Waals surface area (Å²) in [5.74, 6) is 4.64. The fourth-order valence-electron chi connectivity index (χ4n) is 2.57. The first kappa shape index (κ1) is 118. The molecule has 147 heavy (non-hydrogen) atoms. The van der Waals surface area contributed by atoms with Crippen LogP contribution in [0.5, 0.6) is 0 Å². The molecular weight excluding hydrogens is 2060 g/mol. The minimum Gasteiger partial charge on any atom is -0.303 e. The molecule has 0 aliphatic heterocycles. The van der Waals surface area contributed by atoms with Crippen molar-refractivity contribution in [2.45, 2.75) is 0 Å². The molecule has 0 bridgehead atoms. The molecule has 0 aromatic carbocycles. The van der Waals surface area contributed by atoms with Crippen LogP contribution in [0, 0.1) is 5.53 Å². The van der Waals surface area contributed by atoms with Gasteiger partial charge in [0.15, 0.2) is 0 Å². The third-order valence-electron chi connectivity index (χ3n) is 5.78. The average molecular weight is 2060 g/mol. The van der Waals surface area contributed by atoms with E-state index in [0.717, 1.165) is 0 Å². The van der Waals surface area contributed by atoms with E-state index in [0.29, 0.717) is 0 Å². The lowest BCUT2D eigenvalue weighted by Gasteiger charge is -1.71. The van der Waals surface area contributed by atoms with Crippen molar-refractivity contribution in [3.63, 3.8) is 0 Å². The van der Waals surface area contributed by atoms with Crippen LogP contribution >= 0.6 is 0 Å². The Bertz CT molecular complexity index is 5250. The van der Waals surface area contributed by atoms with Crippen LogP contribution in [-0.2, 0) is 0 Å². The van der Waals surface area contributed by atoms with Crippen LogP contribution < -0.4 is 5.84 Å². The molecule has 0 aromatic rings. The molecule has 0 aliphatic carbocycles. The zero-order valence-corrected chi connectivity index (χ0v) is 65.9. The van der Waals surface area contributed by atoms with E-state index in [1.54, 1.807) is 0 Å². The smallest absolute Gasteiger partial charge is 0 e. The number of hydrogen-bond acceptors (Lipinski definition) is 2. The fourth-order valence-corrected chi connectivity index (χ4v) is 2.57. The molecule has 0 aliphatic rings. The topological polar surface area (TPSA) is 1840 Å². The molecule has 0 saturated heterocycles. The van der Waals surface area contributed by atoms with Crippen molar-refractivity contribution in [2.24, 2.45) is 763 Å². The van der Waals surface area contributed by atoms with Crippen molar-refractivity contribution in [3.05, 3.63) is 0 Å². The van der Waals surface area contributed by atoms with Gasteiger partial charge >= 0.3 is 0 Å². The van der Waals surface area contributed by atoms with Gasteiger partial charge in [0.25, 0.3) is 0 Å². The van der Waals surface area contributed by atoms with Crippen molar-refractivity contribution in [1.29, 1.82) is 5.53 Å². The van der Waals surface area contributed by atoms with Gasteiger partial charge in [-0.05, 0) is 78.3 Å². The van der Waals surface area contributed by atoms with Gasteiger partial charge in [-0.1, -0.05) is 5.22 Å². The summed E-state index contributed by atoms with van der Waals surface area (Å²) in [7, 11) is 0. The van der Waals surface area contributed by atoms with Crippen LogP contribution in [0.1, 0.15) is 0 Å². The number of nitrogens with two attached hydrogens (primary N) is 1. The Hall–Kier alpha value is -29.4. The van der Waals surface area contributed by atoms with Gasteiger partial charge in [0, 0.05) is 674 Å². The van der Waals surface area contributed by atoms with Crippen LogP contribution in [0.4, 0.5) is 0 Å². The van der Waals surface area contributed by atoms with E-state index < -0.39 is 0 Å². The molecule has 738 valence electrons. The Kier molecular flexibility index (Phi) is 93.3. The second kappa shape index (κ2) is 117. The van der Waals surface area contributed by atoms with Crippen LogP contribution in [0.15, 0.2) is 757 Å². The van der Waals surface area contributed by atoms with Crippen LogP contribution in [0.2, 0.25) is 0 Å². The molecule has 0 fully saturated rings. The lowest BCUT2D eigenvalue weighted by atomic mass is 12.3. The van der Waals surface area contributed by atoms with E-state index in [9.17, 15) is 0 Å². The predicted octanol–water partition coefficient (Wildman–Crippen LogP) is 26.3. The lowest BCUT2D eigenvalue weighted by molar-refractivity contribution is 0.722. The second-order valence-electron chi connectivity index (χ2n) is 13.0. The maximum atomic E-state index is 6.28. The van der Waals surface area contributed by atoms with Gasteiger partial charge in [0.1, 0.15) is 0 Å². The molecule has 3 N–H and O–H groups in total. The Morgan fingerprint density at radius 2 is 0.0884 bits per heavy atom. The largest absolute Gasteiger partial charge is 0.303 e. The summed E-state index contributed by atoms with van der Waals surface area (Å²) in [6.07, 6.45) is 0. The van der Waals surface area contributed by atoms with E-state index in [4.69, 9.17) is 5.53 Å². The average Bonchev–Trinajstić information content (AvgIpc) is 1.11. The van der Waals surface area contributed by atoms with E-state index in [-0.39, 0.29) is 0 Å². The zero-order chi connectivity index (χ0) is 105. The zero-order valence-electron chi connectivity index (χ0n) is 65.9. The van der Waals surface area contributed by atoms with Crippen molar-refractivity contribution >= 4 is 0 Å². The lowest BCUT2D eigenvalue weighted by Crippen LogP contribution is -1.70. The molecule has 147 heteroatoms. The number of rotatable bonds is 72. The van der Waals surface area contributed by atoms with Crippen molar-refractivity contribution in [2.75, 3.05) is 0 Å². The summed E-state index contributed by atoms with van der Waals surface area (Å²) in [6, 6.07) is 0. The SMILES string of the molecule is N=N/N=N/N=N/N=N/N=N/N=N/N=N/N=N/N=N/N=N/N=N/N=N/N=N/N=N/N=N/N=N/N=N/N=N/N=N/N=N/N=N/N=N/N=N/N=N/N=N/N=N/N=N/N=N/N=N/N=N/N=N/N=N/N=N/N=N/N=N/N=N/N=N/N=N/N=N/N=N/N=N/N=N/N=N/N=N/N=N/N=N/N=N/N=N/N=N/N=N/N=N/N=N/N=N/N=N/N=N/N=N/N=N/N=N/N=N/N=N/N=N/N=N/N=N/N=N/N=N/N=N/N=N/N=N/N=N/N=N/N=N/N=N/N=N/N. The van der Waals surface area contributed by atoms with Gasteiger partial charge in [-0.2, -0.15) is 5.53 Å². The predicted molar refractivity (Wildman–Crippen MR) is 359 cm³/mol. The molecule has 0 spiro atoms. The van der Waals surface area contributed by atoms with Gasteiger partial charge in [-0.15, -0.1) is 0 Å². The van der Waals surface area contributed by atoms with Crippen LogP contribution in [0.25, 0.3) is 0 Å². The Balaban J connectivity index is 4.14. The van der Waals surface area contributed by atoms with Gasteiger partial charge < -0.3 is 5.84 Å². The number of nitrogens with zero attached hydrogens (tertiary/aromatic N) is 145. The van der Waals surface area contributed by atoms with E-state index in [1.165, 1.54) is 0 Å². The summed E-state index contributed by atoms with van der Waals surface area (Å²) in [6.45, 7) is 0. The molecule has 0 amide bonds. The summed E-state index contributed by atoms with van der Waals surface area (Å²) in [5, 5.41) is 433. The first-order chi connectivity index (χ1) is 73.4. The van der Waals surface area contributed by atoms with E-state index >= 15 is 0 Å². The highest BCUT2D eigenvalue weighted by molar-refractivity contribution is 4.27. The van der Waals surface area contributed by atoms with Gasteiger partial charge in [0.2, 0.25) is 0 Å². The van der Waals surface area contributed by atoms with Crippen molar-refractivity contribution in [3.8, 4) is 0 Å². The molecule has 0 aromatic heterocycles. The minimum atomic E-state index is 2.50. The Morgan fingerprint density at radius 1 is 0.0544 bits per heavy atom. The van der Waals surface area contributed by atoms with Gasteiger partial charge in [-0.25, -0.2) is 0 Å². The maximum Gasteiger partial charge on any atom is 0 e. The highest BCUT2D eigenvalue weighted by Crippen LogP contribution is 2.03. The highest BCUT2D eigenvalue weighted by atomic mass is 15.9. The molecule has 0 radical (unpaired) electrons. The molecule has 0 saturated carbocycles.